The number of hydrogen-bond donors (Lipinski definition) is 1. The second-order valence-corrected chi connectivity index (χ2v) is 4.66. The lowest BCUT2D eigenvalue weighted by molar-refractivity contribution is 0.342. The topological polar surface area (TPSA) is 52.6 Å². The largest absolute Gasteiger partial charge is 0.493 e. The predicted molar refractivity (Wildman–Crippen MR) is 81.6 cm³/mol. The summed E-state index contributed by atoms with van der Waals surface area (Å²) in [6.07, 6.45) is 1.71. The number of halogens is 1. The summed E-state index contributed by atoms with van der Waals surface area (Å²) in [4.78, 5) is 4.24. The van der Waals surface area contributed by atoms with E-state index in [0.717, 1.165) is 5.56 Å². The quantitative estimate of drug-likeness (QED) is 0.887. The van der Waals surface area contributed by atoms with Gasteiger partial charge in [-0.05, 0) is 30.8 Å². The van der Waals surface area contributed by atoms with Gasteiger partial charge in [-0.1, -0.05) is 17.7 Å². The lowest BCUT2D eigenvalue weighted by Gasteiger charge is -2.14. The van der Waals surface area contributed by atoms with E-state index in [4.69, 9.17) is 25.8 Å². The Balaban J connectivity index is 2.34. The van der Waals surface area contributed by atoms with E-state index in [-0.39, 0.29) is 0 Å². The molecule has 0 aliphatic heterocycles. The number of nitrogens with zero attached hydrogens (tertiary/aromatic N) is 1. The van der Waals surface area contributed by atoms with Crippen LogP contribution in [0.15, 0.2) is 30.5 Å². The third kappa shape index (κ3) is 3.56. The van der Waals surface area contributed by atoms with Crippen molar-refractivity contribution in [2.75, 3.05) is 21.3 Å². The Labute approximate surface area is 128 Å². The van der Waals surface area contributed by atoms with Crippen LogP contribution in [0.1, 0.15) is 5.56 Å². The van der Waals surface area contributed by atoms with Gasteiger partial charge in [0.1, 0.15) is 5.02 Å². The SMILES string of the molecule is CNCc1cnc(Oc2c(OC)cccc2OC)c(Cl)c1. The fourth-order valence-corrected chi connectivity index (χ4v) is 2.08. The van der Waals surface area contributed by atoms with Crippen LogP contribution in [0.25, 0.3) is 0 Å². The maximum Gasteiger partial charge on any atom is 0.238 e. The number of nitrogens with one attached hydrogen (secondary N) is 1. The van der Waals surface area contributed by atoms with Crippen molar-refractivity contribution in [3.05, 3.63) is 41.0 Å². The molecule has 21 heavy (non-hydrogen) atoms. The van der Waals surface area contributed by atoms with E-state index in [1.54, 1.807) is 32.5 Å². The molecule has 5 nitrogen and oxygen atoms in total. The van der Waals surface area contributed by atoms with Crippen LogP contribution in [0, 0.1) is 0 Å². The van der Waals surface area contributed by atoms with E-state index in [2.05, 4.69) is 10.3 Å². The summed E-state index contributed by atoms with van der Waals surface area (Å²) in [6, 6.07) is 7.18. The number of rotatable bonds is 6. The molecule has 2 aromatic rings. The van der Waals surface area contributed by atoms with Crippen LogP contribution in [-0.2, 0) is 6.54 Å². The normalized spacial score (nSPS) is 10.3. The van der Waals surface area contributed by atoms with Crippen molar-refractivity contribution in [2.45, 2.75) is 6.54 Å². The fourth-order valence-electron chi connectivity index (χ4n) is 1.86. The highest BCUT2D eigenvalue weighted by atomic mass is 35.5. The minimum Gasteiger partial charge on any atom is -0.493 e. The second-order valence-electron chi connectivity index (χ2n) is 4.25. The number of para-hydroxylation sites is 1. The maximum absolute atomic E-state index is 6.21. The van der Waals surface area contributed by atoms with Crippen molar-refractivity contribution >= 4 is 11.6 Å². The molecule has 2 rings (SSSR count). The van der Waals surface area contributed by atoms with Gasteiger partial charge in [0.2, 0.25) is 11.6 Å². The van der Waals surface area contributed by atoms with Crippen molar-refractivity contribution in [1.82, 2.24) is 10.3 Å². The number of ether oxygens (including phenoxy) is 3. The first-order valence-corrected chi connectivity index (χ1v) is 6.75. The van der Waals surface area contributed by atoms with Crippen LogP contribution >= 0.6 is 11.6 Å². The summed E-state index contributed by atoms with van der Waals surface area (Å²) in [5, 5.41) is 3.46. The highest BCUT2D eigenvalue weighted by Gasteiger charge is 2.15. The Morgan fingerprint density at radius 2 is 1.86 bits per heavy atom. The van der Waals surface area contributed by atoms with Gasteiger partial charge in [-0.2, -0.15) is 0 Å². The summed E-state index contributed by atoms with van der Waals surface area (Å²) >= 11 is 6.21. The first-order chi connectivity index (χ1) is 10.2. The molecule has 1 aromatic carbocycles. The molecule has 0 fully saturated rings. The Hall–Kier alpha value is -1.98. The first kappa shape index (κ1) is 15.4. The lowest BCUT2D eigenvalue weighted by Crippen LogP contribution is -2.05. The molecule has 0 unspecified atom stereocenters. The zero-order valence-corrected chi connectivity index (χ0v) is 12.9. The number of aromatic nitrogens is 1. The molecular formula is C15H17ClN2O3. The molecule has 0 bridgehead atoms. The van der Waals surface area contributed by atoms with Crippen molar-refractivity contribution in [1.29, 1.82) is 0 Å². The number of methoxy groups -OCH3 is 2. The summed E-state index contributed by atoms with van der Waals surface area (Å²) in [5.41, 5.74) is 0.974. The van der Waals surface area contributed by atoms with Crippen molar-refractivity contribution < 1.29 is 14.2 Å². The van der Waals surface area contributed by atoms with Crippen molar-refractivity contribution in [2.24, 2.45) is 0 Å². The van der Waals surface area contributed by atoms with Gasteiger partial charge in [-0.3, -0.25) is 0 Å². The van der Waals surface area contributed by atoms with Gasteiger partial charge in [0, 0.05) is 12.7 Å². The highest BCUT2D eigenvalue weighted by molar-refractivity contribution is 6.31. The Bertz CT molecular complexity index is 598. The van der Waals surface area contributed by atoms with E-state index >= 15 is 0 Å². The van der Waals surface area contributed by atoms with Crippen LogP contribution in [0.2, 0.25) is 5.02 Å². The molecule has 0 saturated heterocycles. The maximum atomic E-state index is 6.21. The molecule has 1 N–H and O–H groups in total. The summed E-state index contributed by atoms with van der Waals surface area (Å²) in [7, 11) is 4.98. The highest BCUT2D eigenvalue weighted by Crippen LogP contribution is 2.40. The van der Waals surface area contributed by atoms with Crippen molar-refractivity contribution in [3.8, 4) is 23.1 Å². The average Bonchev–Trinajstić information content (AvgIpc) is 2.50. The number of pyridine rings is 1. The molecule has 0 radical (unpaired) electrons. The lowest BCUT2D eigenvalue weighted by atomic mass is 10.3. The minimum absolute atomic E-state index is 0.305. The molecule has 1 aromatic heterocycles. The monoisotopic (exact) mass is 308 g/mol. The van der Waals surface area contributed by atoms with Gasteiger partial charge in [0.05, 0.1) is 14.2 Å². The smallest absolute Gasteiger partial charge is 0.238 e. The first-order valence-electron chi connectivity index (χ1n) is 6.37. The average molecular weight is 309 g/mol. The number of hydrogen-bond acceptors (Lipinski definition) is 5. The fraction of sp³-hybridized carbons (Fsp3) is 0.267. The van der Waals surface area contributed by atoms with Gasteiger partial charge in [0.15, 0.2) is 11.5 Å². The molecule has 0 saturated carbocycles. The van der Waals surface area contributed by atoms with E-state index in [9.17, 15) is 0 Å². The third-order valence-corrected chi connectivity index (χ3v) is 3.10. The minimum atomic E-state index is 0.305. The third-order valence-electron chi connectivity index (χ3n) is 2.83. The zero-order valence-electron chi connectivity index (χ0n) is 12.1. The van der Waals surface area contributed by atoms with E-state index in [0.29, 0.717) is 34.7 Å². The zero-order chi connectivity index (χ0) is 15.2. The van der Waals surface area contributed by atoms with E-state index in [1.165, 1.54) is 0 Å². The molecule has 0 atom stereocenters. The van der Waals surface area contributed by atoms with Gasteiger partial charge < -0.3 is 19.5 Å². The van der Waals surface area contributed by atoms with Crippen LogP contribution in [0.5, 0.6) is 23.1 Å². The number of benzene rings is 1. The summed E-state index contributed by atoms with van der Waals surface area (Å²) < 4.78 is 16.3. The Kier molecular flexibility index (Phi) is 5.25. The van der Waals surface area contributed by atoms with Gasteiger partial charge >= 0.3 is 0 Å². The molecule has 0 spiro atoms. The molecule has 6 heteroatoms. The van der Waals surface area contributed by atoms with E-state index < -0.39 is 0 Å². The van der Waals surface area contributed by atoms with Crippen LogP contribution in [0.3, 0.4) is 0 Å². The van der Waals surface area contributed by atoms with Crippen LogP contribution in [0.4, 0.5) is 0 Å². The molecule has 0 aliphatic carbocycles. The summed E-state index contributed by atoms with van der Waals surface area (Å²) in [5.74, 6) is 1.84. The Morgan fingerprint density at radius 3 is 2.38 bits per heavy atom. The molecule has 0 aliphatic rings. The van der Waals surface area contributed by atoms with Crippen molar-refractivity contribution in [3.63, 3.8) is 0 Å². The van der Waals surface area contributed by atoms with Crippen LogP contribution < -0.4 is 19.5 Å². The molecule has 0 amide bonds. The second kappa shape index (κ2) is 7.15. The molecular weight excluding hydrogens is 292 g/mol. The van der Waals surface area contributed by atoms with E-state index in [1.807, 2.05) is 19.2 Å². The van der Waals surface area contributed by atoms with Gasteiger partial charge in [-0.15, -0.1) is 0 Å². The summed E-state index contributed by atoms with van der Waals surface area (Å²) in [6.45, 7) is 0.685. The molecule has 1 heterocycles. The van der Waals surface area contributed by atoms with Crippen LogP contribution in [-0.4, -0.2) is 26.3 Å². The predicted octanol–water partition coefficient (Wildman–Crippen LogP) is 3.26. The van der Waals surface area contributed by atoms with Gasteiger partial charge in [0.25, 0.3) is 0 Å². The molecule has 112 valence electrons. The Morgan fingerprint density at radius 1 is 1.19 bits per heavy atom. The standard InChI is InChI=1S/C15H17ClN2O3/c1-17-8-10-7-11(16)15(18-9-10)21-14-12(19-2)5-4-6-13(14)20-3/h4-7,9,17H,8H2,1-3H3. The van der Waals surface area contributed by atoms with Gasteiger partial charge in [-0.25, -0.2) is 4.98 Å².